The molecule has 0 amide bonds. The Morgan fingerprint density at radius 3 is 2.93 bits per heavy atom. The second kappa shape index (κ2) is 5.24. The highest BCUT2D eigenvalue weighted by Gasteiger charge is 2.12. The van der Waals surface area contributed by atoms with E-state index < -0.39 is 10.0 Å². The first-order valence-electron chi connectivity index (χ1n) is 4.49. The molecule has 0 bridgehead atoms. The average Bonchev–Trinajstić information content (AvgIpc) is 2.62. The molecule has 0 radical (unpaired) electrons. The van der Waals surface area contributed by atoms with Crippen molar-refractivity contribution in [2.75, 3.05) is 20.8 Å². The Hall–Kier alpha value is -0.920. The number of aromatic nitrogens is 2. The number of nitrogens with one attached hydrogen (secondary N) is 1. The molecular formula is C8H15N3O3S. The zero-order valence-electron chi connectivity index (χ0n) is 8.80. The van der Waals surface area contributed by atoms with Gasteiger partial charge in [-0.1, -0.05) is 0 Å². The van der Waals surface area contributed by atoms with E-state index >= 15 is 0 Å². The minimum absolute atomic E-state index is 0.111. The van der Waals surface area contributed by atoms with Crippen LogP contribution in [-0.2, 0) is 27.1 Å². The Labute approximate surface area is 89.3 Å². The fourth-order valence-electron chi connectivity index (χ4n) is 1.12. The standard InChI is InChI=1S/C8H15N3O3S/c1-9-15(12,13)7-8-10-3-4-11(8)5-6-14-2/h3-4,9H,5-7H2,1-2H3. The van der Waals surface area contributed by atoms with E-state index in [2.05, 4.69) is 9.71 Å². The zero-order valence-corrected chi connectivity index (χ0v) is 9.62. The molecule has 0 saturated carbocycles. The summed E-state index contributed by atoms with van der Waals surface area (Å²) in [4.78, 5) is 3.99. The fourth-order valence-corrected chi connectivity index (χ4v) is 1.84. The molecule has 6 nitrogen and oxygen atoms in total. The van der Waals surface area contributed by atoms with E-state index in [9.17, 15) is 8.42 Å². The third-order valence-electron chi connectivity index (χ3n) is 1.97. The van der Waals surface area contributed by atoms with Crippen LogP contribution < -0.4 is 4.72 Å². The molecule has 0 aliphatic carbocycles. The summed E-state index contributed by atoms with van der Waals surface area (Å²) < 4.78 is 31.5. The molecule has 86 valence electrons. The van der Waals surface area contributed by atoms with Gasteiger partial charge in [0.15, 0.2) is 0 Å². The van der Waals surface area contributed by atoms with Crippen LogP contribution in [0.1, 0.15) is 5.82 Å². The van der Waals surface area contributed by atoms with Gasteiger partial charge in [-0.3, -0.25) is 0 Å². The third-order valence-corrected chi connectivity index (χ3v) is 3.23. The minimum Gasteiger partial charge on any atom is -0.383 e. The van der Waals surface area contributed by atoms with Crippen LogP contribution in [-0.4, -0.2) is 38.7 Å². The highest BCUT2D eigenvalue weighted by atomic mass is 32.2. The molecule has 1 aromatic rings. The van der Waals surface area contributed by atoms with E-state index in [4.69, 9.17) is 4.74 Å². The van der Waals surface area contributed by atoms with Gasteiger partial charge in [0, 0.05) is 26.0 Å². The summed E-state index contributed by atoms with van der Waals surface area (Å²) in [6.45, 7) is 1.13. The van der Waals surface area contributed by atoms with Crippen LogP contribution in [0.2, 0.25) is 0 Å². The highest BCUT2D eigenvalue weighted by molar-refractivity contribution is 7.88. The lowest BCUT2D eigenvalue weighted by atomic mass is 10.6. The van der Waals surface area contributed by atoms with Crippen molar-refractivity contribution >= 4 is 10.0 Å². The molecule has 1 heterocycles. The molecule has 0 aromatic carbocycles. The first-order chi connectivity index (χ1) is 7.09. The minimum atomic E-state index is -3.26. The smallest absolute Gasteiger partial charge is 0.218 e. The molecule has 7 heteroatoms. The SMILES string of the molecule is CNS(=O)(=O)Cc1nccn1CCOC. The van der Waals surface area contributed by atoms with Crippen LogP contribution in [0.4, 0.5) is 0 Å². The first-order valence-corrected chi connectivity index (χ1v) is 6.14. The molecule has 0 atom stereocenters. The van der Waals surface area contributed by atoms with Gasteiger partial charge in [-0.05, 0) is 7.05 Å². The van der Waals surface area contributed by atoms with Crippen LogP contribution >= 0.6 is 0 Å². The molecule has 0 fully saturated rings. The average molecular weight is 233 g/mol. The van der Waals surface area contributed by atoms with Crippen molar-refractivity contribution in [3.8, 4) is 0 Å². The number of rotatable bonds is 6. The number of sulfonamides is 1. The lowest BCUT2D eigenvalue weighted by Crippen LogP contribution is -2.22. The number of methoxy groups -OCH3 is 1. The van der Waals surface area contributed by atoms with Crippen LogP contribution in [0.25, 0.3) is 0 Å². The lowest BCUT2D eigenvalue weighted by Gasteiger charge is -2.06. The van der Waals surface area contributed by atoms with Gasteiger partial charge in [-0.2, -0.15) is 0 Å². The van der Waals surface area contributed by atoms with Crippen molar-refractivity contribution in [3.63, 3.8) is 0 Å². The van der Waals surface area contributed by atoms with Crippen molar-refractivity contribution in [2.24, 2.45) is 0 Å². The normalized spacial score (nSPS) is 11.9. The number of ether oxygens (including phenoxy) is 1. The number of imidazole rings is 1. The summed E-state index contributed by atoms with van der Waals surface area (Å²) in [5.41, 5.74) is 0. The van der Waals surface area contributed by atoms with E-state index in [1.165, 1.54) is 7.05 Å². The maximum Gasteiger partial charge on any atom is 0.218 e. The summed E-state index contributed by atoms with van der Waals surface area (Å²) in [5, 5.41) is 0. The summed E-state index contributed by atoms with van der Waals surface area (Å²) in [6, 6.07) is 0. The topological polar surface area (TPSA) is 73.2 Å². The molecule has 1 rings (SSSR count). The summed E-state index contributed by atoms with van der Waals surface area (Å²) in [6.07, 6.45) is 3.32. The van der Waals surface area contributed by atoms with E-state index in [1.807, 2.05) is 0 Å². The van der Waals surface area contributed by atoms with E-state index in [1.54, 1.807) is 24.1 Å². The maximum atomic E-state index is 11.3. The molecular weight excluding hydrogens is 218 g/mol. The largest absolute Gasteiger partial charge is 0.383 e. The first kappa shape index (κ1) is 12.2. The van der Waals surface area contributed by atoms with Gasteiger partial charge in [0.1, 0.15) is 11.6 Å². The van der Waals surface area contributed by atoms with Crippen molar-refractivity contribution in [2.45, 2.75) is 12.3 Å². The Balaban J connectivity index is 2.73. The second-order valence-corrected chi connectivity index (χ2v) is 4.92. The molecule has 0 aliphatic rings. The van der Waals surface area contributed by atoms with E-state index in [0.29, 0.717) is 19.0 Å². The molecule has 1 aromatic heterocycles. The molecule has 0 aliphatic heterocycles. The van der Waals surface area contributed by atoms with Crippen molar-refractivity contribution in [1.82, 2.24) is 14.3 Å². The Morgan fingerprint density at radius 1 is 1.60 bits per heavy atom. The summed E-state index contributed by atoms with van der Waals surface area (Å²) in [5.74, 6) is 0.404. The fraction of sp³-hybridized carbons (Fsp3) is 0.625. The van der Waals surface area contributed by atoms with Gasteiger partial charge in [0.2, 0.25) is 10.0 Å². The van der Waals surface area contributed by atoms with Crippen LogP contribution in [0, 0.1) is 0 Å². The van der Waals surface area contributed by atoms with Crippen molar-refractivity contribution in [1.29, 1.82) is 0 Å². The van der Waals surface area contributed by atoms with Gasteiger partial charge in [-0.15, -0.1) is 0 Å². The molecule has 0 spiro atoms. The predicted molar refractivity (Wildman–Crippen MR) is 55.8 cm³/mol. The Bertz CT molecular complexity index is 399. The highest BCUT2D eigenvalue weighted by Crippen LogP contribution is 2.02. The summed E-state index contributed by atoms with van der Waals surface area (Å²) >= 11 is 0. The molecule has 0 unspecified atom stereocenters. The number of hydrogen-bond acceptors (Lipinski definition) is 4. The Morgan fingerprint density at radius 2 is 2.33 bits per heavy atom. The third kappa shape index (κ3) is 3.61. The Kier molecular flexibility index (Phi) is 4.25. The van der Waals surface area contributed by atoms with Crippen LogP contribution in [0.5, 0.6) is 0 Å². The lowest BCUT2D eigenvalue weighted by molar-refractivity contribution is 0.186. The van der Waals surface area contributed by atoms with Gasteiger partial charge >= 0.3 is 0 Å². The van der Waals surface area contributed by atoms with Crippen molar-refractivity contribution < 1.29 is 13.2 Å². The van der Waals surface area contributed by atoms with Crippen LogP contribution in [0.15, 0.2) is 12.4 Å². The number of hydrogen-bond donors (Lipinski definition) is 1. The van der Waals surface area contributed by atoms with Gasteiger partial charge in [0.25, 0.3) is 0 Å². The molecule has 0 saturated heterocycles. The van der Waals surface area contributed by atoms with Gasteiger partial charge in [-0.25, -0.2) is 18.1 Å². The number of nitrogens with zero attached hydrogens (tertiary/aromatic N) is 2. The predicted octanol–water partition coefficient (Wildman–Crippen LogP) is -0.421. The maximum absolute atomic E-state index is 11.3. The van der Waals surface area contributed by atoms with Crippen LogP contribution in [0.3, 0.4) is 0 Å². The molecule has 15 heavy (non-hydrogen) atoms. The van der Waals surface area contributed by atoms with Crippen molar-refractivity contribution in [3.05, 3.63) is 18.2 Å². The van der Waals surface area contributed by atoms with Gasteiger partial charge in [0.05, 0.1) is 6.61 Å². The second-order valence-electron chi connectivity index (χ2n) is 2.99. The van der Waals surface area contributed by atoms with Gasteiger partial charge < -0.3 is 9.30 Å². The zero-order chi connectivity index (χ0) is 11.3. The molecule has 1 N–H and O–H groups in total. The van der Waals surface area contributed by atoms with E-state index in [0.717, 1.165) is 0 Å². The quantitative estimate of drug-likeness (QED) is 0.724. The monoisotopic (exact) mass is 233 g/mol. The summed E-state index contributed by atoms with van der Waals surface area (Å²) in [7, 11) is -0.279. The van der Waals surface area contributed by atoms with E-state index in [-0.39, 0.29) is 5.75 Å².